The molecule has 0 bridgehead atoms. The first-order valence-corrected chi connectivity index (χ1v) is 7.83. The molecule has 22 heavy (non-hydrogen) atoms. The number of rotatable bonds is 5. The van der Waals surface area contributed by atoms with Gasteiger partial charge >= 0.3 is 0 Å². The minimum Gasteiger partial charge on any atom is -0.305 e. The molecule has 0 aliphatic rings. The summed E-state index contributed by atoms with van der Waals surface area (Å²) >= 11 is 3.39. The molecule has 1 N–H and O–H groups in total. The highest BCUT2D eigenvalue weighted by Gasteiger charge is 2.06. The molecule has 2 heterocycles. The summed E-state index contributed by atoms with van der Waals surface area (Å²) in [6.07, 6.45) is 3.50. The summed E-state index contributed by atoms with van der Waals surface area (Å²) in [4.78, 5) is 4.42. The van der Waals surface area contributed by atoms with E-state index in [4.69, 9.17) is 0 Å². The summed E-state index contributed by atoms with van der Waals surface area (Å²) in [6.45, 7) is 2.87. The van der Waals surface area contributed by atoms with Gasteiger partial charge in [0.15, 0.2) is 0 Å². The fourth-order valence-electron chi connectivity index (χ4n) is 2.19. The van der Waals surface area contributed by atoms with Crippen LogP contribution in [0.3, 0.4) is 0 Å². The van der Waals surface area contributed by atoms with Gasteiger partial charge in [-0.05, 0) is 52.7 Å². The second-order valence-corrected chi connectivity index (χ2v) is 5.81. The highest BCUT2D eigenvalue weighted by Crippen LogP contribution is 2.16. The van der Waals surface area contributed by atoms with Gasteiger partial charge in [0.1, 0.15) is 4.60 Å². The molecule has 0 saturated heterocycles. The lowest BCUT2D eigenvalue weighted by atomic mass is 10.1. The van der Waals surface area contributed by atoms with E-state index in [0.29, 0.717) is 0 Å². The Morgan fingerprint density at radius 1 is 1.18 bits per heavy atom. The molecule has 6 heteroatoms. The Kier molecular flexibility index (Phi) is 4.60. The van der Waals surface area contributed by atoms with Crippen molar-refractivity contribution in [1.82, 2.24) is 25.3 Å². The molecular formula is C16H16BrN5. The monoisotopic (exact) mass is 357 g/mol. The maximum absolute atomic E-state index is 4.42. The molecule has 1 aromatic carbocycles. The second-order valence-electron chi connectivity index (χ2n) is 4.99. The van der Waals surface area contributed by atoms with Crippen molar-refractivity contribution in [2.45, 2.75) is 19.5 Å². The summed E-state index contributed by atoms with van der Waals surface area (Å²) in [7, 11) is 0. The van der Waals surface area contributed by atoms with E-state index in [1.165, 1.54) is 5.56 Å². The van der Waals surface area contributed by atoms with Crippen molar-refractivity contribution in [3.05, 3.63) is 70.7 Å². The summed E-state index contributed by atoms with van der Waals surface area (Å²) in [5, 5.41) is 11.3. The van der Waals surface area contributed by atoms with Gasteiger partial charge < -0.3 is 5.32 Å². The van der Waals surface area contributed by atoms with Gasteiger partial charge in [-0.25, -0.2) is 9.67 Å². The van der Waals surface area contributed by atoms with Crippen LogP contribution < -0.4 is 5.32 Å². The van der Waals surface area contributed by atoms with Crippen LogP contribution in [0.4, 0.5) is 0 Å². The van der Waals surface area contributed by atoms with Crippen LogP contribution >= 0.6 is 15.9 Å². The number of aromatic nitrogens is 4. The maximum atomic E-state index is 4.42. The Balaban J connectivity index is 1.63. The lowest BCUT2D eigenvalue weighted by Gasteiger charge is -2.14. The molecule has 3 aromatic rings. The Bertz CT molecular complexity index is 725. The molecule has 0 radical (unpaired) electrons. The predicted molar refractivity (Wildman–Crippen MR) is 88.6 cm³/mol. The number of hydrogen-bond acceptors (Lipinski definition) is 4. The van der Waals surface area contributed by atoms with Gasteiger partial charge in [0.25, 0.3) is 0 Å². The van der Waals surface area contributed by atoms with Crippen molar-refractivity contribution in [2.24, 2.45) is 0 Å². The number of halogens is 1. The first-order valence-electron chi connectivity index (χ1n) is 7.04. The van der Waals surface area contributed by atoms with Crippen molar-refractivity contribution in [2.75, 3.05) is 0 Å². The van der Waals surface area contributed by atoms with Crippen LogP contribution in [0.15, 0.2) is 59.5 Å². The largest absolute Gasteiger partial charge is 0.305 e. The molecule has 0 amide bonds. The zero-order chi connectivity index (χ0) is 15.4. The van der Waals surface area contributed by atoms with Crippen LogP contribution in [0.5, 0.6) is 0 Å². The molecule has 0 aliphatic carbocycles. The lowest BCUT2D eigenvalue weighted by Crippen LogP contribution is -2.18. The minimum atomic E-state index is 0.241. The van der Waals surface area contributed by atoms with Crippen molar-refractivity contribution in [3.63, 3.8) is 0 Å². The molecular weight excluding hydrogens is 342 g/mol. The number of hydrogen-bond donors (Lipinski definition) is 1. The molecule has 0 fully saturated rings. The van der Waals surface area contributed by atoms with Gasteiger partial charge in [0.2, 0.25) is 0 Å². The van der Waals surface area contributed by atoms with Gasteiger partial charge in [0.05, 0.1) is 23.8 Å². The van der Waals surface area contributed by atoms with E-state index in [0.717, 1.165) is 22.5 Å². The molecule has 1 unspecified atom stereocenters. The van der Waals surface area contributed by atoms with Crippen LogP contribution in [0.2, 0.25) is 0 Å². The molecule has 0 saturated carbocycles. The molecule has 0 aliphatic heterocycles. The molecule has 0 spiro atoms. The summed E-state index contributed by atoms with van der Waals surface area (Å²) in [5.41, 5.74) is 3.24. The summed E-state index contributed by atoms with van der Waals surface area (Å²) in [5.74, 6) is 0. The zero-order valence-corrected chi connectivity index (χ0v) is 13.7. The fourth-order valence-corrected chi connectivity index (χ4v) is 2.57. The average Bonchev–Trinajstić information content (AvgIpc) is 3.07. The van der Waals surface area contributed by atoms with Crippen molar-refractivity contribution < 1.29 is 0 Å². The van der Waals surface area contributed by atoms with Crippen LogP contribution in [0.1, 0.15) is 24.2 Å². The number of nitrogens with one attached hydrogen (secondary N) is 1. The minimum absolute atomic E-state index is 0.241. The van der Waals surface area contributed by atoms with E-state index < -0.39 is 0 Å². The van der Waals surface area contributed by atoms with Gasteiger partial charge in [-0.3, -0.25) is 0 Å². The van der Waals surface area contributed by atoms with E-state index in [2.05, 4.69) is 55.6 Å². The standard InChI is InChI=1S/C16H16BrN5/c1-12(18-11-14-3-2-4-16(17)20-14)13-5-7-15(8-6-13)22-10-9-19-21-22/h2-10,12,18H,11H2,1H3. The van der Waals surface area contributed by atoms with Crippen molar-refractivity contribution >= 4 is 15.9 Å². The fraction of sp³-hybridized carbons (Fsp3) is 0.188. The average molecular weight is 358 g/mol. The number of nitrogens with zero attached hydrogens (tertiary/aromatic N) is 4. The van der Waals surface area contributed by atoms with Crippen LogP contribution in [-0.2, 0) is 6.54 Å². The van der Waals surface area contributed by atoms with Crippen LogP contribution in [0.25, 0.3) is 5.69 Å². The van der Waals surface area contributed by atoms with E-state index in [1.54, 1.807) is 10.9 Å². The smallest absolute Gasteiger partial charge is 0.106 e. The molecule has 112 valence electrons. The zero-order valence-electron chi connectivity index (χ0n) is 12.1. The predicted octanol–water partition coefficient (Wildman–Crippen LogP) is 3.28. The number of benzene rings is 1. The third-order valence-electron chi connectivity index (χ3n) is 3.44. The van der Waals surface area contributed by atoms with Crippen molar-refractivity contribution in [1.29, 1.82) is 0 Å². The normalized spacial score (nSPS) is 12.3. The molecule has 2 aromatic heterocycles. The Labute approximate surface area is 137 Å². The van der Waals surface area contributed by atoms with E-state index in [-0.39, 0.29) is 6.04 Å². The quantitative estimate of drug-likeness (QED) is 0.712. The summed E-state index contributed by atoms with van der Waals surface area (Å²) < 4.78 is 2.60. The molecule has 1 atom stereocenters. The third kappa shape index (κ3) is 3.58. The first-order chi connectivity index (χ1) is 10.7. The summed E-state index contributed by atoms with van der Waals surface area (Å²) in [6, 6.07) is 14.5. The van der Waals surface area contributed by atoms with Crippen LogP contribution in [0, 0.1) is 0 Å². The Morgan fingerprint density at radius 2 is 2.00 bits per heavy atom. The maximum Gasteiger partial charge on any atom is 0.106 e. The lowest BCUT2D eigenvalue weighted by molar-refractivity contribution is 0.567. The Hall–Kier alpha value is -2.05. The first kappa shape index (κ1) is 14.9. The van der Waals surface area contributed by atoms with Gasteiger partial charge in [-0.2, -0.15) is 0 Å². The van der Waals surface area contributed by atoms with Gasteiger partial charge in [-0.1, -0.05) is 23.4 Å². The molecule has 5 nitrogen and oxygen atoms in total. The van der Waals surface area contributed by atoms with Gasteiger partial charge in [-0.15, -0.1) is 5.10 Å². The third-order valence-corrected chi connectivity index (χ3v) is 3.88. The van der Waals surface area contributed by atoms with Gasteiger partial charge in [0, 0.05) is 12.6 Å². The molecule has 3 rings (SSSR count). The topological polar surface area (TPSA) is 55.6 Å². The van der Waals surface area contributed by atoms with E-state index in [1.807, 2.05) is 36.5 Å². The highest BCUT2D eigenvalue weighted by molar-refractivity contribution is 9.10. The van der Waals surface area contributed by atoms with E-state index >= 15 is 0 Å². The Morgan fingerprint density at radius 3 is 2.68 bits per heavy atom. The van der Waals surface area contributed by atoms with Crippen LogP contribution in [-0.4, -0.2) is 20.0 Å². The van der Waals surface area contributed by atoms with Crippen molar-refractivity contribution in [3.8, 4) is 5.69 Å². The highest BCUT2D eigenvalue weighted by atomic mass is 79.9. The SMILES string of the molecule is CC(NCc1cccc(Br)n1)c1ccc(-n2ccnn2)cc1. The van der Waals surface area contributed by atoms with E-state index in [9.17, 15) is 0 Å². The number of pyridine rings is 1. The second kappa shape index (κ2) is 6.81.